The highest BCUT2D eigenvalue weighted by molar-refractivity contribution is 6.31. The van der Waals surface area contributed by atoms with E-state index in [1.807, 2.05) is 0 Å². The van der Waals surface area contributed by atoms with Gasteiger partial charge in [0.05, 0.1) is 5.56 Å². The molecule has 1 aromatic heterocycles. The Morgan fingerprint density at radius 1 is 1.50 bits per heavy atom. The number of rotatable bonds is 3. The standard InChI is InChI=1S/C11H10ClN3O3/c1-6-13-11(15-18-6)10(14-17-2)8-5-7(12)3-4-9(8)16/h3-5,16H,1-2H3. The van der Waals surface area contributed by atoms with Crippen LogP contribution in [0.5, 0.6) is 5.75 Å². The van der Waals surface area contributed by atoms with Gasteiger partial charge in [-0.15, -0.1) is 0 Å². The zero-order valence-corrected chi connectivity index (χ0v) is 10.5. The van der Waals surface area contributed by atoms with Crippen molar-refractivity contribution in [3.05, 3.63) is 40.5 Å². The third-order valence-electron chi connectivity index (χ3n) is 2.14. The molecule has 0 aliphatic rings. The molecule has 0 radical (unpaired) electrons. The molecule has 0 aliphatic heterocycles. The van der Waals surface area contributed by atoms with E-state index >= 15 is 0 Å². The zero-order valence-electron chi connectivity index (χ0n) is 9.72. The molecule has 0 bridgehead atoms. The predicted molar refractivity (Wildman–Crippen MR) is 64.8 cm³/mol. The highest BCUT2D eigenvalue weighted by atomic mass is 35.5. The molecule has 7 heteroatoms. The van der Waals surface area contributed by atoms with Gasteiger partial charge in [-0.25, -0.2) is 0 Å². The van der Waals surface area contributed by atoms with Crippen LogP contribution in [0.3, 0.4) is 0 Å². The van der Waals surface area contributed by atoms with Crippen LogP contribution in [-0.4, -0.2) is 28.1 Å². The summed E-state index contributed by atoms with van der Waals surface area (Å²) in [6.07, 6.45) is 0. The predicted octanol–water partition coefficient (Wildman–Crippen LogP) is 2.14. The van der Waals surface area contributed by atoms with E-state index in [4.69, 9.17) is 21.0 Å². The van der Waals surface area contributed by atoms with Crippen molar-refractivity contribution in [2.45, 2.75) is 6.92 Å². The van der Waals surface area contributed by atoms with E-state index in [2.05, 4.69) is 15.3 Å². The van der Waals surface area contributed by atoms with E-state index in [1.54, 1.807) is 19.1 Å². The lowest BCUT2D eigenvalue weighted by molar-refractivity contribution is 0.213. The average molecular weight is 268 g/mol. The van der Waals surface area contributed by atoms with Gasteiger partial charge < -0.3 is 14.5 Å². The van der Waals surface area contributed by atoms with Gasteiger partial charge in [-0.05, 0) is 18.2 Å². The number of oxime groups is 1. The van der Waals surface area contributed by atoms with E-state index in [0.29, 0.717) is 16.5 Å². The number of hydrogen-bond acceptors (Lipinski definition) is 6. The van der Waals surface area contributed by atoms with E-state index < -0.39 is 0 Å². The Hall–Kier alpha value is -2.08. The molecule has 6 nitrogen and oxygen atoms in total. The van der Waals surface area contributed by atoms with E-state index in [0.717, 1.165) is 0 Å². The highest BCUT2D eigenvalue weighted by Crippen LogP contribution is 2.24. The number of aromatic nitrogens is 2. The molecular formula is C11H10ClN3O3. The normalized spacial score (nSPS) is 11.6. The largest absolute Gasteiger partial charge is 0.507 e. The molecule has 2 rings (SSSR count). The van der Waals surface area contributed by atoms with Crippen molar-refractivity contribution in [3.8, 4) is 5.75 Å². The topological polar surface area (TPSA) is 80.7 Å². The van der Waals surface area contributed by atoms with Gasteiger partial charge in [0, 0.05) is 11.9 Å². The Morgan fingerprint density at radius 2 is 2.28 bits per heavy atom. The first-order valence-corrected chi connectivity index (χ1v) is 5.40. The quantitative estimate of drug-likeness (QED) is 0.681. The third-order valence-corrected chi connectivity index (χ3v) is 2.37. The number of nitrogens with zero attached hydrogens (tertiary/aromatic N) is 3. The van der Waals surface area contributed by atoms with Crippen LogP contribution in [0.2, 0.25) is 5.02 Å². The third kappa shape index (κ3) is 2.43. The minimum Gasteiger partial charge on any atom is -0.507 e. The molecule has 0 fully saturated rings. The summed E-state index contributed by atoms with van der Waals surface area (Å²) in [6, 6.07) is 4.56. The minimum atomic E-state index is -0.00217. The van der Waals surface area contributed by atoms with Crippen LogP contribution in [0.1, 0.15) is 17.3 Å². The lowest BCUT2D eigenvalue weighted by Crippen LogP contribution is -2.07. The van der Waals surface area contributed by atoms with Crippen LogP contribution in [-0.2, 0) is 4.84 Å². The monoisotopic (exact) mass is 267 g/mol. The van der Waals surface area contributed by atoms with Crippen LogP contribution in [0, 0.1) is 6.92 Å². The Balaban J connectivity index is 2.55. The number of hydrogen-bond donors (Lipinski definition) is 1. The second-order valence-electron chi connectivity index (χ2n) is 3.42. The Morgan fingerprint density at radius 3 is 2.89 bits per heavy atom. The van der Waals surface area contributed by atoms with Gasteiger partial charge in [-0.2, -0.15) is 4.98 Å². The van der Waals surface area contributed by atoms with Crippen molar-refractivity contribution in [2.75, 3.05) is 7.11 Å². The van der Waals surface area contributed by atoms with Crippen molar-refractivity contribution in [2.24, 2.45) is 5.16 Å². The van der Waals surface area contributed by atoms with Crippen LogP contribution in [0.25, 0.3) is 0 Å². The van der Waals surface area contributed by atoms with Crippen molar-refractivity contribution in [1.82, 2.24) is 10.1 Å². The van der Waals surface area contributed by atoms with E-state index in [1.165, 1.54) is 13.2 Å². The van der Waals surface area contributed by atoms with Gasteiger partial charge in [-0.1, -0.05) is 21.9 Å². The molecule has 94 valence electrons. The number of phenols is 1. The van der Waals surface area contributed by atoms with Crippen molar-refractivity contribution in [3.63, 3.8) is 0 Å². The maximum atomic E-state index is 9.82. The molecule has 1 N–H and O–H groups in total. The summed E-state index contributed by atoms with van der Waals surface area (Å²) in [5, 5.41) is 17.8. The Kier molecular flexibility index (Phi) is 3.47. The first kappa shape index (κ1) is 12.4. The first-order chi connectivity index (χ1) is 8.61. The molecule has 2 aromatic rings. The van der Waals surface area contributed by atoms with Gasteiger partial charge in [0.15, 0.2) is 5.71 Å². The smallest absolute Gasteiger partial charge is 0.225 e. The van der Waals surface area contributed by atoms with Crippen molar-refractivity contribution < 1.29 is 14.5 Å². The summed E-state index contributed by atoms with van der Waals surface area (Å²) in [4.78, 5) is 8.76. The molecular weight excluding hydrogens is 258 g/mol. The van der Waals surface area contributed by atoms with Crippen molar-refractivity contribution >= 4 is 17.3 Å². The number of aryl methyl sites for hydroxylation is 1. The molecule has 0 spiro atoms. The zero-order chi connectivity index (χ0) is 13.1. The summed E-state index contributed by atoms with van der Waals surface area (Å²) < 4.78 is 4.87. The maximum Gasteiger partial charge on any atom is 0.225 e. The van der Waals surface area contributed by atoms with Crippen LogP contribution in [0.4, 0.5) is 0 Å². The van der Waals surface area contributed by atoms with Gasteiger partial charge >= 0.3 is 0 Å². The SMILES string of the molecule is CON=C(c1noc(C)n1)c1cc(Cl)ccc1O. The molecule has 0 aliphatic carbocycles. The van der Waals surface area contributed by atoms with E-state index in [-0.39, 0.29) is 17.3 Å². The summed E-state index contributed by atoms with van der Waals surface area (Å²) >= 11 is 5.88. The Bertz CT molecular complexity index is 595. The number of halogens is 1. The second kappa shape index (κ2) is 5.05. The van der Waals surface area contributed by atoms with Crippen LogP contribution >= 0.6 is 11.6 Å². The van der Waals surface area contributed by atoms with Crippen molar-refractivity contribution in [1.29, 1.82) is 0 Å². The fourth-order valence-electron chi connectivity index (χ4n) is 1.40. The summed E-state index contributed by atoms with van der Waals surface area (Å²) in [7, 11) is 1.38. The van der Waals surface area contributed by atoms with Crippen LogP contribution < -0.4 is 0 Å². The molecule has 0 saturated carbocycles. The minimum absolute atomic E-state index is 0.00217. The fourth-order valence-corrected chi connectivity index (χ4v) is 1.57. The molecule has 0 unspecified atom stereocenters. The Labute approximate surface area is 108 Å². The van der Waals surface area contributed by atoms with Gasteiger partial charge in [0.25, 0.3) is 0 Å². The highest BCUT2D eigenvalue weighted by Gasteiger charge is 2.18. The maximum absolute atomic E-state index is 9.82. The molecule has 18 heavy (non-hydrogen) atoms. The summed E-state index contributed by atoms with van der Waals surface area (Å²) in [5.41, 5.74) is 0.611. The second-order valence-corrected chi connectivity index (χ2v) is 3.86. The number of phenolic OH excluding ortho intramolecular Hbond substituents is 1. The molecule has 0 amide bonds. The lowest BCUT2D eigenvalue weighted by Gasteiger charge is -2.04. The van der Waals surface area contributed by atoms with Gasteiger partial charge in [-0.3, -0.25) is 0 Å². The lowest BCUT2D eigenvalue weighted by atomic mass is 10.1. The number of benzene rings is 1. The number of aromatic hydroxyl groups is 1. The van der Waals surface area contributed by atoms with Crippen LogP contribution in [0.15, 0.2) is 27.9 Å². The first-order valence-electron chi connectivity index (χ1n) is 5.02. The van der Waals surface area contributed by atoms with Gasteiger partial charge in [0.1, 0.15) is 12.9 Å². The molecule has 0 saturated heterocycles. The summed E-state index contributed by atoms with van der Waals surface area (Å²) in [6.45, 7) is 1.65. The average Bonchev–Trinajstić information content (AvgIpc) is 2.76. The van der Waals surface area contributed by atoms with E-state index in [9.17, 15) is 5.11 Å². The summed E-state index contributed by atoms with van der Waals surface area (Å²) in [5.74, 6) is 0.597. The molecule has 0 atom stereocenters. The molecule has 1 heterocycles. The molecule has 1 aromatic carbocycles. The fraction of sp³-hybridized carbons (Fsp3) is 0.182. The van der Waals surface area contributed by atoms with Gasteiger partial charge in [0.2, 0.25) is 11.7 Å².